The minimum atomic E-state index is -3.78. The van der Waals surface area contributed by atoms with Gasteiger partial charge >= 0.3 is 0 Å². The molecular weight excluding hydrogens is 592 g/mol. The van der Waals surface area contributed by atoms with E-state index in [2.05, 4.69) is 15.2 Å². The number of anilines is 1. The Balaban J connectivity index is 1.28. The molecule has 0 radical (unpaired) electrons. The smallest absolute Gasteiger partial charge is 0.256 e. The van der Waals surface area contributed by atoms with Crippen molar-refractivity contribution in [2.24, 2.45) is 0 Å². The highest BCUT2D eigenvalue weighted by Gasteiger charge is 2.34. The number of H-pyrrole nitrogens is 1. The number of benzene rings is 2. The zero-order valence-corrected chi connectivity index (χ0v) is 27.1. The lowest BCUT2D eigenvalue weighted by Gasteiger charge is -2.28. The van der Waals surface area contributed by atoms with E-state index in [0.717, 1.165) is 50.3 Å². The van der Waals surface area contributed by atoms with E-state index in [1.54, 1.807) is 30.3 Å². The standard InChI is InChI=1S/C34H40N4O6S/c1-21-31(35-22(2)32(21)34(40)38-13-7-8-24(38)19-37-11-5-6-12-37)18-29-28-17-27(9-10-30(28)36-33(29)39)45(41,42)20-23-14-25(43-3)16-26(15-23)44-4/h9-10,14-18,24,35H,5-8,11-13,19-20H2,1-4H3,(H,36,39)/b29-18-/t24-/m1/s1. The van der Waals surface area contributed by atoms with Crippen molar-refractivity contribution in [3.8, 4) is 11.5 Å². The number of likely N-dealkylation sites (tertiary alicyclic amines) is 2. The zero-order chi connectivity index (χ0) is 31.9. The summed E-state index contributed by atoms with van der Waals surface area (Å²) in [7, 11) is -0.763. The molecule has 4 heterocycles. The van der Waals surface area contributed by atoms with E-state index < -0.39 is 9.84 Å². The van der Waals surface area contributed by atoms with E-state index >= 15 is 0 Å². The molecule has 45 heavy (non-hydrogen) atoms. The van der Waals surface area contributed by atoms with E-state index in [1.807, 2.05) is 18.7 Å². The zero-order valence-electron chi connectivity index (χ0n) is 26.2. The van der Waals surface area contributed by atoms with Crippen molar-refractivity contribution in [3.05, 3.63) is 70.0 Å². The molecule has 2 amide bonds. The van der Waals surface area contributed by atoms with Crippen LogP contribution in [0.15, 0.2) is 41.3 Å². The molecule has 0 spiro atoms. The van der Waals surface area contributed by atoms with Crippen LogP contribution >= 0.6 is 0 Å². The molecule has 2 saturated heterocycles. The number of hydrogen-bond donors (Lipinski definition) is 2. The average Bonchev–Trinajstić information content (AvgIpc) is 3.81. The number of aromatic nitrogens is 1. The first kappa shape index (κ1) is 30.9. The summed E-state index contributed by atoms with van der Waals surface area (Å²) in [6.45, 7) is 7.63. The Bertz CT molecular complexity index is 1770. The number of rotatable bonds is 9. The molecule has 0 saturated carbocycles. The molecule has 1 aromatic heterocycles. The molecule has 6 rings (SSSR count). The van der Waals surface area contributed by atoms with Crippen molar-refractivity contribution >= 4 is 39.0 Å². The number of carbonyl (C=O) groups excluding carboxylic acids is 2. The van der Waals surface area contributed by atoms with Crippen LogP contribution in [0.1, 0.15) is 64.1 Å². The van der Waals surface area contributed by atoms with E-state index in [1.165, 1.54) is 39.2 Å². The monoisotopic (exact) mass is 632 g/mol. The fourth-order valence-electron chi connectivity index (χ4n) is 6.84. The predicted molar refractivity (Wildman–Crippen MR) is 173 cm³/mol. The number of fused-ring (bicyclic) bond motifs is 1. The number of ether oxygens (including phenoxy) is 2. The molecule has 1 atom stereocenters. The van der Waals surface area contributed by atoms with Crippen LogP contribution in [0.5, 0.6) is 11.5 Å². The van der Waals surface area contributed by atoms with E-state index in [-0.39, 0.29) is 28.5 Å². The fourth-order valence-corrected chi connectivity index (χ4v) is 8.18. The number of nitrogens with zero attached hydrogens (tertiary/aromatic N) is 2. The first-order valence-corrected chi connectivity index (χ1v) is 17.1. The summed E-state index contributed by atoms with van der Waals surface area (Å²) in [6.07, 6.45) is 6.16. The van der Waals surface area contributed by atoms with Gasteiger partial charge in [-0.05, 0) is 100 Å². The number of sulfone groups is 1. The molecule has 3 aliphatic rings. The molecule has 0 aliphatic carbocycles. The summed E-state index contributed by atoms with van der Waals surface area (Å²) < 4.78 is 37.7. The minimum Gasteiger partial charge on any atom is -0.497 e. The molecule has 10 nitrogen and oxygen atoms in total. The number of nitrogens with one attached hydrogen (secondary N) is 2. The second-order valence-electron chi connectivity index (χ2n) is 12.2. The molecule has 11 heteroatoms. The largest absolute Gasteiger partial charge is 0.497 e. The number of methoxy groups -OCH3 is 2. The van der Waals surface area contributed by atoms with Gasteiger partial charge in [0.15, 0.2) is 9.84 Å². The van der Waals surface area contributed by atoms with Gasteiger partial charge in [-0.3, -0.25) is 9.59 Å². The Morgan fingerprint density at radius 2 is 1.71 bits per heavy atom. The molecule has 238 valence electrons. The summed E-state index contributed by atoms with van der Waals surface area (Å²) >= 11 is 0. The Kier molecular flexibility index (Phi) is 8.49. The highest BCUT2D eigenvalue weighted by molar-refractivity contribution is 7.90. The molecule has 2 N–H and O–H groups in total. The van der Waals surface area contributed by atoms with Crippen LogP contribution in [-0.2, 0) is 20.4 Å². The van der Waals surface area contributed by atoms with Gasteiger partial charge in [-0.2, -0.15) is 0 Å². The lowest BCUT2D eigenvalue weighted by atomic mass is 10.0. The predicted octanol–water partition coefficient (Wildman–Crippen LogP) is 4.82. The fraction of sp³-hybridized carbons (Fsp3) is 0.412. The van der Waals surface area contributed by atoms with Crippen molar-refractivity contribution < 1.29 is 27.5 Å². The quantitative estimate of drug-likeness (QED) is 0.325. The van der Waals surface area contributed by atoms with Crippen LogP contribution < -0.4 is 14.8 Å². The molecule has 2 aromatic carbocycles. The topological polar surface area (TPSA) is 121 Å². The number of carbonyl (C=O) groups is 2. The molecule has 0 bridgehead atoms. The minimum absolute atomic E-state index is 0.0198. The van der Waals surface area contributed by atoms with Gasteiger partial charge in [0, 0.05) is 47.8 Å². The third-order valence-electron chi connectivity index (χ3n) is 9.19. The van der Waals surface area contributed by atoms with Gasteiger partial charge in [0.25, 0.3) is 11.8 Å². The first-order chi connectivity index (χ1) is 21.6. The van der Waals surface area contributed by atoms with Crippen LogP contribution in [0, 0.1) is 13.8 Å². The maximum Gasteiger partial charge on any atom is 0.256 e. The van der Waals surface area contributed by atoms with Gasteiger partial charge in [0.05, 0.1) is 36.0 Å². The van der Waals surface area contributed by atoms with Crippen LogP contribution in [0.25, 0.3) is 11.6 Å². The van der Waals surface area contributed by atoms with Crippen LogP contribution in [-0.4, -0.2) is 81.5 Å². The number of amides is 2. The summed E-state index contributed by atoms with van der Waals surface area (Å²) in [5, 5.41) is 2.85. The van der Waals surface area contributed by atoms with Crippen molar-refractivity contribution in [2.75, 3.05) is 45.7 Å². The Morgan fingerprint density at radius 3 is 2.40 bits per heavy atom. The summed E-state index contributed by atoms with van der Waals surface area (Å²) in [4.78, 5) is 34.9. The Hall–Kier alpha value is -4.09. The van der Waals surface area contributed by atoms with Gasteiger partial charge in [-0.1, -0.05) is 0 Å². The summed E-state index contributed by atoms with van der Waals surface area (Å²) in [5.74, 6) is 0.410. The molecule has 2 fully saturated rings. The average molecular weight is 633 g/mol. The van der Waals surface area contributed by atoms with Crippen LogP contribution in [0.3, 0.4) is 0 Å². The van der Waals surface area contributed by atoms with Gasteiger partial charge in [-0.15, -0.1) is 0 Å². The first-order valence-electron chi connectivity index (χ1n) is 15.4. The highest BCUT2D eigenvalue weighted by atomic mass is 32.2. The van der Waals surface area contributed by atoms with E-state index in [9.17, 15) is 18.0 Å². The summed E-state index contributed by atoms with van der Waals surface area (Å²) in [5.41, 5.74) is 4.70. The van der Waals surface area contributed by atoms with E-state index in [0.29, 0.717) is 45.1 Å². The molecule has 0 unspecified atom stereocenters. The second-order valence-corrected chi connectivity index (χ2v) is 14.2. The Labute approximate surface area is 264 Å². The van der Waals surface area contributed by atoms with Gasteiger partial charge in [0.1, 0.15) is 11.5 Å². The highest BCUT2D eigenvalue weighted by Crippen LogP contribution is 2.37. The van der Waals surface area contributed by atoms with Crippen LogP contribution in [0.4, 0.5) is 5.69 Å². The third-order valence-corrected chi connectivity index (χ3v) is 10.9. The number of hydrogen-bond acceptors (Lipinski definition) is 7. The van der Waals surface area contributed by atoms with Gasteiger partial charge in [0.2, 0.25) is 0 Å². The normalized spacial score (nSPS) is 19.3. The molecular formula is C34H40N4O6S. The van der Waals surface area contributed by atoms with Gasteiger partial charge < -0.3 is 29.6 Å². The maximum atomic E-state index is 13.9. The number of aromatic amines is 1. The molecule has 3 aromatic rings. The SMILES string of the molecule is COc1cc(CS(=O)(=O)c2ccc3c(c2)/C(=C/c2[nH]c(C)c(C(=O)N4CCC[C@@H]4CN4CCCC4)c2C)C(=O)N3)cc(OC)c1. The van der Waals surface area contributed by atoms with E-state index in [4.69, 9.17) is 9.47 Å². The Morgan fingerprint density at radius 1 is 1.00 bits per heavy atom. The second kappa shape index (κ2) is 12.4. The van der Waals surface area contributed by atoms with Crippen molar-refractivity contribution in [1.82, 2.24) is 14.8 Å². The maximum absolute atomic E-state index is 13.9. The van der Waals surface area contributed by atoms with Crippen LogP contribution in [0.2, 0.25) is 0 Å². The van der Waals surface area contributed by atoms with Gasteiger partial charge in [-0.25, -0.2) is 8.42 Å². The lowest BCUT2D eigenvalue weighted by molar-refractivity contribution is -0.110. The number of aryl methyl sites for hydroxylation is 1. The lowest BCUT2D eigenvalue weighted by Crippen LogP contribution is -2.42. The van der Waals surface area contributed by atoms with Crippen molar-refractivity contribution in [2.45, 2.75) is 56.2 Å². The van der Waals surface area contributed by atoms with Crippen molar-refractivity contribution in [1.29, 1.82) is 0 Å². The summed E-state index contributed by atoms with van der Waals surface area (Å²) in [6, 6.07) is 9.87. The third kappa shape index (κ3) is 6.11. The van der Waals surface area contributed by atoms with Crippen molar-refractivity contribution in [3.63, 3.8) is 0 Å². The molecule has 3 aliphatic heterocycles.